The highest BCUT2D eigenvalue weighted by molar-refractivity contribution is 5.94. The number of aromatic nitrogens is 1. The molecule has 3 aliphatic heterocycles. The zero-order valence-corrected chi connectivity index (χ0v) is 30.1. The van der Waals surface area contributed by atoms with Crippen molar-refractivity contribution >= 4 is 22.9 Å². The van der Waals surface area contributed by atoms with E-state index in [0.717, 1.165) is 54.7 Å². The second-order valence-electron chi connectivity index (χ2n) is 14.1. The molecule has 4 aromatic carbocycles. The smallest absolute Gasteiger partial charge is 0.407 e. The summed E-state index contributed by atoms with van der Waals surface area (Å²) in [6, 6.07) is 29.0. The Hall–Kier alpha value is -5.69. The van der Waals surface area contributed by atoms with Crippen LogP contribution in [0.5, 0.6) is 11.5 Å². The normalized spacial score (nSPS) is 18.8. The lowest BCUT2D eigenvalue weighted by Gasteiger charge is -2.44. The van der Waals surface area contributed by atoms with E-state index in [2.05, 4.69) is 25.8 Å². The van der Waals surface area contributed by atoms with Crippen LogP contribution in [0.15, 0.2) is 102 Å². The summed E-state index contributed by atoms with van der Waals surface area (Å²) in [5.41, 5.74) is 4.74. The maximum Gasteiger partial charge on any atom is 0.407 e. The number of piperidine rings is 3. The summed E-state index contributed by atoms with van der Waals surface area (Å²) >= 11 is 0. The molecule has 12 nitrogen and oxygen atoms in total. The number of aromatic amines is 1. The third kappa shape index (κ3) is 8.91. The Balaban J connectivity index is 0.853. The molecule has 2 amide bonds. The van der Waals surface area contributed by atoms with Gasteiger partial charge in [-0.15, -0.1) is 0 Å². The molecule has 0 aliphatic carbocycles. The van der Waals surface area contributed by atoms with Gasteiger partial charge in [0.15, 0.2) is 0 Å². The van der Waals surface area contributed by atoms with Gasteiger partial charge in [-0.3, -0.25) is 14.9 Å². The molecule has 2 bridgehead atoms. The number of amides is 2. The first-order chi connectivity index (χ1) is 26.2. The number of phenolic OH excluding ortho intramolecular Hbond substituents is 1. The van der Waals surface area contributed by atoms with E-state index in [4.69, 9.17) is 9.47 Å². The fraction of sp³-hybridized carbons (Fsp3) is 0.310. The minimum absolute atomic E-state index is 0.0813. The molecule has 3 atom stereocenters. The molecule has 1 unspecified atom stereocenters. The maximum absolute atomic E-state index is 12.9. The standard InChI is InChI=1S/C42H45N5O7/c1-26(43-22-38(49)34-13-15-37(48)40-35(34)14-16-39(50)46-40)44-41(51)31-11-7-27(8-12-31)24-53-33-4-2-3-32(21-33)29-9-5-28(6-10-29)25-54-42(52)45-36-23-47-19-17-30(36)18-20-47/h2-16,21,26,30,36,38,43,48-49H,17-20,22-25H2,1H3,(H,44,51)(H,45,52)(H,46,50)/t26?,36-,38-/m0/s1. The molecule has 4 heterocycles. The maximum atomic E-state index is 12.9. The Morgan fingerprint density at radius 1 is 0.907 bits per heavy atom. The van der Waals surface area contributed by atoms with Crippen LogP contribution in [0.4, 0.5) is 4.79 Å². The molecule has 0 radical (unpaired) electrons. The van der Waals surface area contributed by atoms with Crippen molar-refractivity contribution < 1.29 is 29.3 Å². The molecule has 5 aromatic rings. The van der Waals surface area contributed by atoms with Crippen molar-refractivity contribution in [2.45, 2.75) is 51.3 Å². The van der Waals surface area contributed by atoms with Crippen molar-refractivity contribution in [3.8, 4) is 22.6 Å². The molecule has 0 spiro atoms. The van der Waals surface area contributed by atoms with E-state index in [1.807, 2.05) is 60.7 Å². The minimum atomic E-state index is -0.954. The average molecular weight is 732 g/mol. The number of hydrogen-bond donors (Lipinski definition) is 6. The fourth-order valence-electron chi connectivity index (χ4n) is 7.23. The number of phenols is 1. The van der Waals surface area contributed by atoms with Crippen LogP contribution < -0.4 is 26.2 Å². The molecule has 3 fully saturated rings. The van der Waals surface area contributed by atoms with Gasteiger partial charge >= 0.3 is 6.09 Å². The van der Waals surface area contributed by atoms with Crippen molar-refractivity contribution in [1.82, 2.24) is 25.8 Å². The molecular formula is C42H45N5O7. The Bertz CT molecular complexity index is 2150. The second-order valence-corrected chi connectivity index (χ2v) is 14.1. The summed E-state index contributed by atoms with van der Waals surface area (Å²) in [4.78, 5) is 42.1. The Labute approximate surface area is 313 Å². The molecule has 0 saturated carbocycles. The van der Waals surface area contributed by atoms with Gasteiger partial charge in [0.1, 0.15) is 24.7 Å². The molecule has 1 aromatic heterocycles. The first-order valence-electron chi connectivity index (χ1n) is 18.3. The number of rotatable bonds is 13. The summed E-state index contributed by atoms with van der Waals surface area (Å²) in [5.74, 6) is 0.901. The number of nitrogens with one attached hydrogen (secondary N) is 4. The van der Waals surface area contributed by atoms with Gasteiger partial charge < -0.3 is 40.2 Å². The number of pyridine rings is 1. The van der Waals surface area contributed by atoms with E-state index in [1.165, 1.54) is 12.1 Å². The Morgan fingerprint density at radius 2 is 1.65 bits per heavy atom. The van der Waals surface area contributed by atoms with Gasteiger partial charge in [0, 0.05) is 36.1 Å². The summed E-state index contributed by atoms with van der Waals surface area (Å²) in [6.07, 6.45) is 0.499. The van der Waals surface area contributed by atoms with Gasteiger partial charge in [-0.05, 0) is 103 Å². The molecule has 280 valence electrons. The van der Waals surface area contributed by atoms with E-state index < -0.39 is 12.3 Å². The minimum Gasteiger partial charge on any atom is -0.506 e. The van der Waals surface area contributed by atoms with Gasteiger partial charge in [-0.2, -0.15) is 0 Å². The predicted octanol–water partition coefficient (Wildman–Crippen LogP) is 5.20. The van der Waals surface area contributed by atoms with Crippen LogP contribution in [0.3, 0.4) is 0 Å². The summed E-state index contributed by atoms with van der Waals surface area (Å²) in [5, 5.41) is 30.5. The SMILES string of the molecule is CC(NC[C@H](O)c1ccc(O)c2[nH]c(=O)ccc12)NC(=O)c1ccc(COc2cccc(-c3ccc(COC(=O)N[C@H]4CN5CCC4CC5)cc3)c2)cc1. The number of carbonyl (C=O) groups is 2. The number of aliphatic hydroxyl groups is 1. The van der Waals surface area contributed by atoms with Crippen molar-refractivity contribution in [1.29, 1.82) is 0 Å². The molecular weight excluding hydrogens is 686 g/mol. The highest BCUT2D eigenvalue weighted by atomic mass is 16.5. The van der Waals surface area contributed by atoms with Crippen LogP contribution in [0.25, 0.3) is 22.0 Å². The number of aromatic hydroxyl groups is 1. The Morgan fingerprint density at radius 3 is 2.39 bits per heavy atom. The highest BCUT2D eigenvalue weighted by Crippen LogP contribution is 2.30. The number of alkyl carbamates (subject to hydrolysis) is 1. The summed E-state index contributed by atoms with van der Waals surface area (Å²) in [7, 11) is 0. The quantitative estimate of drug-likeness (QED) is 0.0894. The third-order valence-electron chi connectivity index (χ3n) is 10.3. The predicted molar refractivity (Wildman–Crippen MR) is 205 cm³/mol. The third-order valence-corrected chi connectivity index (χ3v) is 10.3. The first kappa shape index (κ1) is 36.7. The molecule has 8 rings (SSSR count). The largest absolute Gasteiger partial charge is 0.506 e. The zero-order chi connectivity index (χ0) is 37.6. The first-order valence-corrected chi connectivity index (χ1v) is 18.3. The van der Waals surface area contributed by atoms with E-state index in [1.54, 1.807) is 31.2 Å². The van der Waals surface area contributed by atoms with Crippen molar-refractivity contribution in [3.63, 3.8) is 0 Å². The topological polar surface area (TPSA) is 165 Å². The average Bonchev–Trinajstić information content (AvgIpc) is 3.19. The number of hydrogen-bond acceptors (Lipinski definition) is 9. The molecule has 54 heavy (non-hydrogen) atoms. The summed E-state index contributed by atoms with van der Waals surface area (Å²) < 4.78 is 11.6. The monoisotopic (exact) mass is 731 g/mol. The van der Waals surface area contributed by atoms with Crippen molar-refractivity contribution in [2.75, 3.05) is 26.2 Å². The van der Waals surface area contributed by atoms with Crippen LogP contribution in [0.1, 0.15) is 52.9 Å². The number of carbonyl (C=O) groups excluding carboxylic acids is 2. The van der Waals surface area contributed by atoms with Crippen molar-refractivity contribution in [2.24, 2.45) is 5.92 Å². The van der Waals surface area contributed by atoms with Crippen LogP contribution in [0, 0.1) is 5.92 Å². The number of aliphatic hydroxyl groups excluding tert-OH is 1. The van der Waals surface area contributed by atoms with Gasteiger partial charge in [0.25, 0.3) is 5.91 Å². The number of H-pyrrole nitrogens is 1. The number of benzene rings is 4. The van der Waals surface area contributed by atoms with E-state index in [0.29, 0.717) is 34.8 Å². The van der Waals surface area contributed by atoms with E-state index in [-0.39, 0.29) is 48.0 Å². The molecule has 3 aliphatic rings. The van der Waals surface area contributed by atoms with Crippen molar-refractivity contribution in [3.05, 3.63) is 130 Å². The summed E-state index contributed by atoms with van der Waals surface area (Å²) in [6.45, 7) is 5.59. The van der Waals surface area contributed by atoms with Crippen LogP contribution in [-0.4, -0.2) is 70.5 Å². The lowest BCUT2D eigenvalue weighted by molar-refractivity contribution is 0.0642. The van der Waals surface area contributed by atoms with Gasteiger partial charge in [-0.25, -0.2) is 4.79 Å². The van der Waals surface area contributed by atoms with Crippen LogP contribution in [-0.2, 0) is 18.0 Å². The lowest BCUT2D eigenvalue weighted by Crippen LogP contribution is -2.57. The van der Waals surface area contributed by atoms with Crippen LogP contribution >= 0.6 is 0 Å². The number of fused-ring (bicyclic) bond motifs is 4. The number of ether oxygens (including phenoxy) is 2. The lowest BCUT2D eigenvalue weighted by atomic mass is 9.84. The second kappa shape index (κ2) is 16.5. The van der Waals surface area contributed by atoms with Gasteiger partial charge in [-0.1, -0.05) is 54.6 Å². The highest BCUT2D eigenvalue weighted by Gasteiger charge is 2.35. The van der Waals surface area contributed by atoms with E-state index in [9.17, 15) is 24.6 Å². The van der Waals surface area contributed by atoms with Gasteiger partial charge in [0.05, 0.1) is 17.8 Å². The van der Waals surface area contributed by atoms with E-state index >= 15 is 0 Å². The molecule has 12 heteroatoms. The number of nitrogens with zero attached hydrogens (tertiary/aromatic N) is 1. The molecule has 3 saturated heterocycles. The Kier molecular flexibility index (Phi) is 11.2. The zero-order valence-electron chi connectivity index (χ0n) is 30.1. The molecule has 6 N–H and O–H groups in total. The van der Waals surface area contributed by atoms with Crippen LogP contribution in [0.2, 0.25) is 0 Å². The fourth-order valence-corrected chi connectivity index (χ4v) is 7.23. The van der Waals surface area contributed by atoms with Gasteiger partial charge in [0.2, 0.25) is 5.56 Å².